The van der Waals surface area contributed by atoms with Gasteiger partial charge < -0.3 is 14.9 Å². The fourth-order valence-electron chi connectivity index (χ4n) is 0.390. The molecular weight excluding hydrogens is 374 g/mol. The van der Waals surface area contributed by atoms with Crippen LogP contribution in [0.4, 0.5) is 0 Å². The number of ether oxygens (including phenoxy) is 1. The Hall–Kier alpha value is 1.08. The summed E-state index contributed by atoms with van der Waals surface area (Å²) in [6.45, 7) is 0.919. The average molecular weight is 384 g/mol. The minimum Gasteiger partial charge on any atom is -0.394 e. The molecule has 0 saturated heterocycles. The lowest BCUT2D eigenvalue weighted by Crippen LogP contribution is -2.01. The van der Waals surface area contributed by atoms with E-state index in [0.717, 1.165) is 7.16 Å². The first kappa shape index (κ1) is 12.1. The highest BCUT2D eigenvalue weighted by Crippen LogP contribution is 2.18. The van der Waals surface area contributed by atoms with E-state index in [-0.39, 0.29) is 13.2 Å². The van der Waals surface area contributed by atoms with Crippen LogP contribution in [-0.2, 0) is 4.74 Å². The van der Waals surface area contributed by atoms with Crippen molar-refractivity contribution in [3.05, 3.63) is 7.16 Å². The Morgan fingerprint density at radius 1 is 1.18 bits per heavy atom. The van der Waals surface area contributed by atoms with Crippen LogP contribution < -0.4 is 0 Å². The predicted octanol–water partition coefficient (Wildman–Crippen LogP) is 1.07. The molecule has 11 heavy (non-hydrogen) atoms. The third-order valence-corrected chi connectivity index (χ3v) is 3.88. The molecule has 0 saturated carbocycles. The summed E-state index contributed by atoms with van der Waals surface area (Å²) in [6.07, 6.45) is 0. The van der Waals surface area contributed by atoms with Crippen LogP contribution in [0, 0.1) is 0 Å². The van der Waals surface area contributed by atoms with Gasteiger partial charge in [-0.25, -0.2) is 0 Å². The van der Waals surface area contributed by atoms with Crippen LogP contribution in [0.15, 0.2) is 7.16 Å². The molecule has 0 aromatic heterocycles. The predicted molar refractivity (Wildman–Crippen MR) is 60.1 cm³/mol. The molecule has 0 atom stereocenters. The molecule has 66 valence electrons. The number of hydrogen-bond donors (Lipinski definition) is 2. The largest absolute Gasteiger partial charge is 0.394 e. The van der Waals surface area contributed by atoms with Gasteiger partial charge in [-0.15, -0.1) is 0 Å². The highest BCUT2D eigenvalue weighted by atomic mass is 127. The first-order valence-corrected chi connectivity index (χ1v) is 5.20. The molecule has 2 N–H and O–H groups in total. The Bertz CT molecular complexity index is 136. The Kier molecular flexibility index (Phi) is 8.47. The number of hydrogen-bond acceptors (Lipinski definition) is 3. The van der Waals surface area contributed by atoms with Crippen molar-refractivity contribution in [2.75, 3.05) is 26.4 Å². The van der Waals surface area contributed by atoms with Gasteiger partial charge in [-0.3, -0.25) is 0 Å². The lowest BCUT2D eigenvalue weighted by molar-refractivity contribution is 0.111. The van der Waals surface area contributed by atoms with Gasteiger partial charge >= 0.3 is 0 Å². The van der Waals surface area contributed by atoms with Gasteiger partial charge in [-0.1, -0.05) is 0 Å². The van der Waals surface area contributed by atoms with E-state index in [9.17, 15) is 0 Å². The van der Waals surface area contributed by atoms with Crippen molar-refractivity contribution in [3.8, 4) is 0 Å². The van der Waals surface area contributed by atoms with Crippen LogP contribution in [0.5, 0.6) is 0 Å². The van der Waals surface area contributed by atoms with Gasteiger partial charge in [0.05, 0.1) is 26.4 Å². The summed E-state index contributed by atoms with van der Waals surface area (Å²) in [7, 11) is 0. The lowest BCUT2D eigenvalue weighted by Gasteiger charge is -2.02. The number of aliphatic hydroxyl groups is 2. The van der Waals surface area contributed by atoms with Crippen LogP contribution >= 0.6 is 45.2 Å². The molecule has 0 aliphatic rings. The summed E-state index contributed by atoms with van der Waals surface area (Å²) >= 11 is 4.18. The van der Waals surface area contributed by atoms with Crippen molar-refractivity contribution in [1.82, 2.24) is 0 Å². The van der Waals surface area contributed by atoms with Crippen LogP contribution in [0.25, 0.3) is 0 Å². The van der Waals surface area contributed by atoms with Crippen molar-refractivity contribution in [2.24, 2.45) is 0 Å². The summed E-state index contributed by atoms with van der Waals surface area (Å²) in [5, 5.41) is 17.1. The van der Waals surface area contributed by atoms with Gasteiger partial charge in [-0.05, 0) is 45.2 Å². The van der Waals surface area contributed by atoms with Crippen LogP contribution in [0.1, 0.15) is 0 Å². The first-order valence-electron chi connectivity index (χ1n) is 3.04. The lowest BCUT2D eigenvalue weighted by atomic mass is 10.5. The summed E-state index contributed by atoms with van der Waals surface area (Å²) in [5.41, 5.74) is 0. The molecule has 0 aliphatic heterocycles. The normalized spacial score (nSPS) is 13.1. The van der Waals surface area contributed by atoms with Crippen molar-refractivity contribution >= 4 is 45.2 Å². The van der Waals surface area contributed by atoms with Crippen molar-refractivity contribution < 1.29 is 14.9 Å². The molecule has 5 heteroatoms. The Balaban J connectivity index is 3.58. The monoisotopic (exact) mass is 384 g/mol. The SMILES string of the molecule is OCCOC/C(I)=C(\I)CO. The fourth-order valence-corrected chi connectivity index (χ4v) is 0.937. The van der Waals surface area contributed by atoms with Gasteiger partial charge in [0.25, 0.3) is 0 Å². The molecule has 0 unspecified atom stereocenters. The quantitative estimate of drug-likeness (QED) is 0.551. The average Bonchev–Trinajstić information content (AvgIpc) is 2.03. The molecule has 0 aliphatic carbocycles. The second-order valence-corrected chi connectivity index (χ2v) is 4.35. The number of rotatable bonds is 5. The van der Waals surface area contributed by atoms with E-state index in [0.29, 0.717) is 13.2 Å². The maximum Gasteiger partial charge on any atom is 0.0783 e. The molecule has 0 rings (SSSR count). The van der Waals surface area contributed by atoms with Gasteiger partial charge in [0, 0.05) is 7.16 Å². The van der Waals surface area contributed by atoms with E-state index >= 15 is 0 Å². The van der Waals surface area contributed by atoms with Gasteiger partial charge in [0.1, 0.15) is 0 Å². The maximum atomic E-state index is 8.69. The van der Waals surface area contributed by atoms with Crippen molar-refractivity contribution in [1.29, 1.82) is 0 Å². The minimum atomic E-state index is 0.0413. The fraction of sp³-hybridized carbons (Fsp3) is 0.667. The van der Waals surface area contributed by atoms with Crippen LogP contribution in [0.2, 0.25) is 0 Å². The third kappa shape index (κ3) is 6.26. The molecule has 0 heterocycles. The van der Waals surface area contributed by atoms with E-state index < -0.39 is 0 Å². The van der Waals surface area contributed by atoms with E-state index in [1.54, 1.807) is 0 Å². The second kappa shape index (κ2) is 7.71. The van der Waals surface area contributed by atoms with Crippen LogP contribution in [0.3, 0.4) is 0 Å². The van der Waals surface area contributed by atoms with Gasteiger partial charge in [0.2, 0.25) is 0 Å². The molecule has 3 nitrogen and oxygen atoms in total. The van der Waals surface area contributed by atoms with Gasteiger partial charge in [0.15, 0.2) is 0 Å². The van der Waals surface area contributed by atoms with E-state index in [1.807, 2.05) is 0 Å². The summed E-state index contributed by atoms with van der Waals surface area (Å²) in [5.74, 6) is 0. The topological polar surface area (TPSA) is 49.7 Å². The Morgan fingerprint density at radius 3 is 2.27 bits per heavy atom. The zero-order chi connectivity index (χ0) is 8.69. The van der Waals surface area contributed by atoms with Crippen molar-refractivity contribution in [3.63, 3.8) is 0 Å². The Labute approximate surface area is 93.1 Å². The molecule has 0 fully saturated rings. The zero-order valence-electron chi connectivity index (χ0n) is 5.89. The molecule has 0 spiro atoms. The van der Waals surface area contributed by atoms with Crippen LogP contribution in [-0.4, -0.2) is 36.6 Å². The molecular formula is C6H10I2O3. The minimum absolute atomic E-state index is 0.0413. The molecule has 0 bridgehead atoms. The Morgan fingerprint density at radius 2 is 1.82 bits per heavy atom. The highest BCUT2D eigenvalue weighted by Gasteiger charge is 1.98. The highest BCUT2D eigenvalue weighted by molar-refractivity contribution is 14.1. The molecule has 0 amide bonds. The van der Waals surface area contributed by atoms with E-state index in [1.165, 1.54) is 0 Å². The maximum absolute atomic E-state index is 8.69. The molecule has 0 radical (unpaired) electrons. The number of aliphatic hydroxyl groups excluding tert-OH is 2. The summed E-state index contributed by atoms with van der Waals surface area (Å²) in [6, 6.07) is 0. The summed E-state index contributed by atoms with van der Waals surface area (Å²) < 4.78 is 6.91. The van der Waals surface area contributed by atoms with Crippen molar-refractivity contribution in [2.45, 2.75) is 0 Å². The van der Waals surface area contributed by atoms with E-state index in [4.69, 9.17) is 14.9 Å². The zero-order valence-corrected chi connectivity index (χ0v) is 10.2. The number of halogens is 2. The molecule has 0 aromatic carbocycles. The second-order valence-electron chi connectivity index (χ2n) is 1.74. The third-order valence-electron chi connectivity index (χ3n) is 0.898. The van der Waals surface area contributed by atoms with E-state index in [2.05, 4.69) is 45.2 Å². The molecule has 0 aromatic rings. The first-order chi connectivity index (χ1) is 5.22. The standard InChI is InChI=1S/C6H10I2O3/c7-5(3-10)6(8)4-11-2-1-9/h9-10H,1-4H2/b6-5+. The van der Waals surface area contributed by atoms with Gasteiger partial charge in [-0.2, -0.15) is 0 Å². The smallest absolute Gasteiger partial charge is 0.0783 e. The summed E-state index contributed by atoms with van der Waals surface area (Å²) in [4.78, 5) is 0.